The van der Waals surface area contributed by atoms with Crippen molar-refractivity contribution in [3.05, 3.63) is 23.8 Å². The smallest absolute Gasteiger partial charge is 0.308 e. The summed E-state index contributed by atoms with van der Waals surface area (Å²) < 4.78 is 4.83. The monoisotopic (exact) mass is 237 g/mol. The minimum atomic E-state index is -0.455. The van der Waals surface area contributed by atoms with Gasteiger partial charge in [0.1, 0.15) is 0 Å². The highest BCUT2D eigenvalue weighted by Crippen LogP contribution is 2.30. The van der Waals surface area contributed by atoms with Crippen molar-refractivity contribution < 1.29 is 14.6 Å². The van der Waals surface area contributed by atoms with Crippen LogP contribution in [0.3, 0.4) is 0 Å². The Balaban J connectivity index is 2.77. The van der Waals surface area contributed by atoms with Crippen LogP contribution in [0.15, 0.2) is 18.2 Å². The Labute approximate surface area is 101 Å². The van der Waals surface area contributed by atoms with Gasteiger partial charge in [-0.3, -0.25) is 4.79 Å². The van der Waals surface area contributed by atoms with Gasteiger partial charge in [0.25, 0.3) is 0 Å². The van der Waals surface area contributed by atoms with Gasteiger partial charge in [0.2, 0.25) is 0 Å². The van der Waals surface area contributed by atoms with Gasteiger partial charge >= 0.3 is 5.97 Å². The van der Waals surface area contributed by atoms with Crippen LogP contribution in [-0.4, -0.2) is 11.1 Å². The first kappa shape index (κ1) is 13.5. The molecule has 0 amide bonds. The van der Waals surface area contributed by atoms with E-state index in [4.69, 9.17) is 10.5 Å². The van der Waals surface area contributed by atoms with Crippen molar-refractivity contribution in [2.75, 3.05) is 0 Å². The normalized spacial score (nSPS) is 12.2. The summed E-state index contributed by atoms with van der Waals surface area (Å²) in [4.78, 5) is 10.8. The summed E-state index contributed by atoms with van der Waals surface area (Å²) in [7, 11) is 0. The van der Waals surface area contributed by atoms with Crippen LogP contribution in [0.4, 0.5) is 0 Å². The number of carbonyl (C=O) groups is 1. The van der Waals surface area contributed by atoms with E-state index in [9.17, 15) is 9.90 Å². The number of aromatic hydroxyl groups is 1. The Kier molecular flexibility index (Phi) is 4.97. The van der Waals surface area contributed by atoms with Gasteiger partial charge in [-0.25, -0.2) is 0 Å². The number of ether oxygens (including phenoxy) is 1. The van der Waals surface area contributed by atoms with Crippen LogP contribution in [0.1, 0.15) is 44.7 Å². The summed E-state index contributed by atoms with van der Waals surface area (Å²) in [6.07, 6.45) is 3.02. The van der Waals surface area contributed by atoms with E-state index in [2.05, 4.69) is 6.92 Å². The number of phenols is 1. The molecule has 0 radical (unpaired) electrons. The van der Waals surface area contributed by atoms with Gasteiger partial charge < -0.3 is 15.6 Å². The highest BCUT2D eigenvalue weighted by atomic mass is 16.5. The fraction of sp³-hybridized carbons (Fsp3) is 0.462. The van der Waals surface area contributed by atoms with Crippen LogP contribution in [-0.2, 0) is 4.79 Å². The lowest BCUT2D eigenvalue weighted by Crippen LogP contribution is -2.10. The van der Waals surface area contributed by atoms with Crippen LogP contribution in [0.2, 0.25) is 0 Å². The topological polar surface area (TPSA) is 72.5 Å². The minimum absolute atomic E-state index is 0.0513. The molecule has 94 valence electrons. The van der Waals surface area contributed by atoms with Crippen molar-refractivity contribution >= 4 is 5.97 Å². The number of hydrogen-bond donors (Lipinski definition) is 2. The molecule has 1 atom stereocenters. The molecule has 1 aromatic rings. The fourth-order valence-electron chi connectivity index (χ4n) is 1.60. The minimum Gasteiger partial charge on any atom is -0.504 e. The number of hydrogen-bond acceptors (Lipinski definition) is 4. The maximum absolute atomic E-state index is 10.8. The third-order valence-corrected chi connectivity index (χ3v) is 2.53. The second-order valence-electron chi connectivity index (χ2n) is 4.07. The molecule has 0 saturated heterocycles. The predicted molar refractivity (Wildman–Crippen MR) is 65.9 cm³/mol. The first-order chi connectivity index (χ1) is 8.04. The number of rotatable bonds is 5. The van der Waals surface area contributed by atoms with Crippen LogP contribution in [0.25, 0.3) is 0 Å². The van der Waals surface area contributed by atoms with Gasteiger partial charge in [-0.1, -0.05) is 25.8 Å². The lowest BCUT2D eigenvalue weighted by atomic mass is 10.0. The van der Waals surface area contributed by atoms with E-state index in [0.717, 1.165) is 24.8 Å². The summed E-state index contributed by atoms with van der Waals surface area (Å²) >= 11 is 0. The van der Waals surface area contributed by atoms with E-state index in [1.165, 1.54) is 6.92 Å². The van der Waals surface area contributed by atoms with Crippen molar-refractivity contribution in [2.45, 2.75) is 39.2 Å². The molecule has 4 heteroatoms. The molecule has 1 aromatic carbocycles. The van der Waals surface area contributed by atoms with Gasteiger partial charge in [0, 0.05) is 13.0 Å². The average molecular weight is 237 g/mol. The molecule has 0 aliphatic rings. The van der Waals surface area contributed by atoms with Crippen LogP contribution < -0.4 is 10.5 Å². The molecule has 0 aliphatic heterocycles. The first-order valence-electron chi connectivity index (χ1n) is 5.81. The van der Waals surface area contributed by atoms with E-state index < -0.39 is 5.97 Å². The Morgan fingerprint density at radius 1 is 1.53 bits per heavy atom. The van der Waals surface area contributed by atoms with Crippen molar-refractivity contribution in [2.24, 2.45) is 5.73 Å². The lowest BCUT2D eigenvalue weighted by Gasteiger charge is -2.13. The Morgan fingerprint density at radius 2 is 2.24 bits per heavy atom. The van der Waals surface area contributed by atoms with E-state index in [1.807, 2.05) is 0 Å². The van der Waals surface area contributed by atoms with Gasteiger partial charge in [-0.2, -0.15) is 0 Å². The number of nitrogens with two attached hydrogens (primary N) is 1. The molecule has 0 saturated carbocycles. The molecular formula is C13H19NO3. The van der Waals surface area contributed by atoms with Gasteiger partial charge in [0.05, 0.1) is 0 Å². The second kappa shape index (κ2) is 6.25. The second-order valence-corrected chi connectivity index (χ2v) is 4.07. The van der Waals surface area contributed by atoms with Crippen molar-refractivity contribution in [1.82, 2.24) is 0 Å². The highest BCUT2D eigenvalue weighted by molar-refractivity contribution is 5.70. The molecule has 17 heavy (non-hydrogen) atoms. The molecule has 0 aliphatic carbocycles. The summed E-state index contributed by atoms with van der Waals surface area (Å²) in [5, 5.41) is 9.68. The summed E-state index contributed by atoms with van der Waals surface area (Å²) in [5.41, 5.74) is 6.84. The van der Waals surface area contributed by atoms with Crippen LogP contribution >= 0.6 is 0 Å². The van der Waals surface area contributed by atoms with E-state index in [1.54, 1.807) is 18.2 Å². The number of phenolic OH excluding ortho intramolecular Hbond substituents is 1. The molecule has 0 aromatic heterocycles. The third kappa shape index (κ3) is 4.07. The molecule has 0 bridgehead atoms. The Hall–Kier alpha value is -1.55. The standard InChI is InChI=1S/C13H19NO3/c1-3-4-5-11(14)10-6-7-13(12(16)8-10)17-9(2)15/h6-8,11,16H,3-5,14H2,1-2H3/t11-/m1/s1. The Morgan fingerprint density at radius 3 is 2.76 bits per heavy atom. The van der Waals surface area contributed by atoms with E-state index >= 15 is 0 Å². The zero-order valence-corrected chi connectivity index (χ0v) is 10.3. The maximum Gasteiger partial charge on any atom is 0.308 e. The number of benzene rings is 1. The largest absolute Gasteiger partial charge is 0.504 e. The summed E-state index contributed by atoms with van der Waals surface area (Å²) in [5.74, 6) is -0.336. The molecule has 4 nitrogen and oxygen atoms in total. The first-order valence-corrected chi connectivity index (χ1v) is 5.81. The molecule has 3 N–H and O–H groups in total. The molecule has 0 unspecified atom stereocenters. The Bertz CT molecular complexity index is 390. The van der Waals surface area contributed by atoms with Crippen molar-refractivity contribution in [3.63, 3.8) is 0 Å². The quantitative estimate of drug-likeness (QED) is 0.609. The molecule has 0 heterocycles. The number of carbonyl (C=O) groups excluding carboxylic acids is 1. The van der Waals surface area contributed by atoms with Crippen LogP contribution in [0, 0.1) is 0 Å². The molecule has 0 fully saturated rings. The third-order valence-electron chi connectivity index (χ3n) is 2.53. The summed E-state index contributed by atoms with van der Waals surface area (Å²) in [6.45, 7) is 3.40. The number of unbranched alkanes of at least 4 members (excludes halogenated alkanes) is 1. The molecular weight excluding hydrogens is 218 g/mol. The van der Waals surface area contributed by atoms with Crippen molar-refractivity contribution in [1.29, 1.82) is 0 Å². The van der Waals surface area contributed by atoms with Gasteiger partial charge in [-0.05, 0) is 24.1 Å². The van der Waals surface area contributed by atoms with Crippen molar-refractivity contribution in [3.8, 4) is 11.5 Å². The SMILES string of the molecule is CCCC[C@@H](N)c1ccc(OC(C)=O)c(O)c1. The fourth-order valence-corrected chi connectivity index (χ4v) is 1.60. The molecule has 1 rings (SSSR count). The lowest BCUT2D eigenvalue weighted by molar-refractivity contribution is -0.132. The van der Waals surface area contributed by atoms with Crippen LogP contribution in [0.5, 0.6) is 11.5 Å². The average Bonchev–Trinajstić information content (AvgIpc) is 2.28. The highest BCUT2D eigenvalue weighted by Gasteiger charge is 2.10. The van der Waals surface area contributed by atoms with E-state index in [0.29, 0.717) is 0 Å². The summed E-state index contributed by atoms with van der Waals surface area (Å²) in [6, 6.07) is 4.81. The van der Waals surface area contributed by atoms with Gasteiger partial charge in [-0.15, -0.1) is 0 Å². The zero-order valence-electron chi connectivity index (χ0n) is 10.3. The maximum atomic E-state index is 10.8. The van der Waals surface area contributed by atoms with E-state index in [-0.39, 0.29) is 17.5 Å². The molecule has 0 spiro atoms. The zero-order chi connectivity index (χ0) is 12.8. The van der Waals surface area contributed by atoms with Gasteiger partial charge in [0.15, 0.2) is 11.5 Å². The predicted octanol–water partition coefficient (Wildman–Crippen LogP) is 2.51. The number of esters is 1.